The van der Waals surface area contributed by atoms with Gasteiger partial charge in [-0.25, -0.2) is 0 Å². The molecule has 0 fully saturated rings. The molecule has 0 unspecified atom stereocenters. The molecule has 2 aromatic rings. The number of hydrogen-bond acceptors (Lipinski definition) is 3. The van der Waals surface area contributed by atoms with Crippen LogP contribution in [-0.2, 0) is 6.42 Å². The fourth-order valence-electron chi connectivity index (χ4n) is 1.96. The van der Waals surface area contributed by atoms with Gasteiger partial charge >= 0.3 is 0 Å². The van der Waals surface area contributed by atoms with E-state index in [4.69, 9.17) is 11.1 Å². The van der Waals surface area contributed by atoms with Gasteiger partial charge in [-0.2, -0.15) is 0 Å². The first-order chi connectivity index (χ1) is 9.25. The third kappa shape index (κ3) is 4.41. The molecule has 0 atom stereocenters. The maximum Gasteiger partial charge on any atom is 0.0923 e. The summed E-state index contributed by atoms with van der Waals surface area (Å²) >= 11 is 1.79. The van der Waals surface area contributed by atoms with E-state index in [2.05, 4.69) is 34.5 Å². The first-order valence-electron chi connectivity index (χ1n) is 6.41. The predicted octanol–water partition coefficient (Wildman–Crippen LogP) is 3.12. The van der Waals surface area contributed by atoms with E-state index < -0.39 is 0 Å². The molecule has 0 saturated carbocycles. The molecule has 1 aromatic heterocycles. The van der Waals surface area contributed by atoms with Crippen LogP contribution in [0.4, 0.5) is 5.69 Å². The molecule has 0 radical (unpaired) electrons. The Morgan fingerprint density at radius 2 is 1.89 bits per heavy atom. The lowest BCUT2D eigenvalue weighted by atomic mass is 10.2. The van der Waals surface area contributed by atoms with Gasteiger partial charge in [-0.1, -0.05) is 24.3 Å². The quantitative estimate of drug-likeness (QED) is 0.601. The van der Waals surface area contributed by atoms with E-state index in [1.807, 2.05) is 18.2 Å². The molecule has 0 bridgehead atoms. The number of para-hydroxylation sites is 1. The molecular weight excluding hydrogens is 254 g/mol. The molecule has 1 aromatic carbocycles. The first kappa shape index (κ1) is 13.6. The van der Waals surface area contributed by atoms with Crippen LogP contribution in [0.15, 0.2) is 47.8 Å². The zero-order valence-electron chi connectivity index (χ0n) is 10.9. The van der Waals surface area contributed by atoms with Gasteiger partial charge in [-0.15, -0.1) is 11.3 Å². The first-order valence-corrected chi connectivity index (χ1v) is 7.29. The topological polar surface area (TPSA) is 53.1 Å². The monoisotopic (exact) mass is 273 g/mol. The third-order valence-electron chi connectivity index (χ3n) is 2.98. The van der Waals surface area contributed by atoms with E-state index >= 15 is 0 Å². The van der Waals surface area contributed by atoms with Gasteiger partial charge in [-0.3, -0.25) is 5.41 Å². The zero-order valence-corrected chi connectivity index (χ0v) is 11.7. The standard InChI is InChI=1S/C15H19N3S/c16-15(17)9-11-18(13-5-2-1-3-6-13)10-8-14-7-4-12-19-14/h1-7,12H,8-11H2,(H3,16,17). The summed E-state index contributed by atoms with van der Waals surface area (Å²) in [5.41, 5.74) is 6.66. The average Bonchev–Trinajstić information content (AvgIpc) is 2.93. The minimum absolute atomic E-state index is 0.247. The van der Waals surface area contributed by atoms with Crippen LogP contribution in [0.25, 0.3) is 0 Å². The van der Waals surface area contributed by atoms with Crippen molar-refractivity contribution in [3.8, 4) is 0 Å². The van der Waals surface area contributed by atoms with Crippen LogP contribution in [0.1, 0.15) is 11.3 Å². The lowest BCUT2D eigenvalue weighted by Crippen LogP contribution is -2.29. The van der Waals surface area contributed by atoms with Crippen molar-refractivity contribution in [1.82, 2.24) is 0 Å². The minimum Gasteiger partial charge on any atom is -0.388 e. The highest BCUT2D eigenvalue weighted by molar-refractivity contribution is 7.09. The zero-order chi connectivity index (χ0) is 13.5. The number of thiophene rings is 1. The Kier molecular flexibility index (Phi) is 4.98. The van der Waals surface area contributed by atoms with Gasteiger partial charge in [0.2, 0.25) is 0 Å². The van der Waals surface area contributed by atoms with Crippen molar-refractivity contribution < 1.29 is 0 Å². The van der Waals surface area contributed by atoms with Gasteiger partial charge in [0.25, 0.3) is 0 Å². The second-order valence-electron chi connectivity index (χ2n) is 4.43. The highest BCUT2D eigenvalue weighted by Gasteiger charge is 2.07. The highest BCUT2D eigenvalue weighted by atomic mass is 32.1. The minimum atomic E-state index is 0.247. The lowest BCUT2D eigenvalue weighted by molar-refractivity contribution is 0.790. The van der Waals surface area contributed by atoms with Crippen molar-refractivity contribution in [3.05, 3.63) is 52.7 Å². The summed E-state index contributed by atoms with van der Waals surface area (Å²) in [5.74, 6) is 0.247. The van der Waals surface area contributed by atoms with Crippen molar-refractivity contribution in [2.45, 2.75) is 12.8 Å². The summed E-state index contributed by atoms with van der Waals surface area (Å²) in [6.07, 6.45) is 1.64. The third-order valence-corrected chi connectivity index (χ3v) is 3.92. The van der Waals surface area contributed by atoms with Gasteiger partial charge < -0.3 is 10.6 Å². The highest BCUT2D eigenvalue weighted by Crippen LogP contribution is 2.16. The van der Waals surface area contributed by atoms with Gasteiger partial charge in [0.15, 0.2) is 0 Å². The Bertz CT molecular complexity index is 493. The Balaban J connectivity index is 1.99. The maximum absolute atomic E-state index is 7.37. The molecule has 3 nitrogen and oxygen atoms in total. The van der Waals surface area contributed by atoms with Crippen LogP contribution >= 0.6 is 11.3 Å². The van der Waals surface area contributed by atoms with E-state index in [-0.39, 0.29) is 5.84 Å². The van der Waals surface area contributed by atoms with Gasteiger partial charge in [0.1, 0.15) is 0 Å². The summed E-state index contributed by atoms with van der Waals surface area (Å²) in [7, 11) is 0. The summed E-state index contributed by atoms with van der Waals surface area (Å²) in [6, 6.07) is 14.6. The number of nitrogens with zero attached hydrogens (tertiary/aromatic N) is 1. The number of anilines is 1. The number of hydrogen-bond donors (Lipinski definition) is 2. The average molecular weight is 273 g/mol. The molecule has 0 amide bonds. The molecule has 2 rings (SSSR count). The number of benzene rings is 1. The van der Waals surface area contributed by atoms with Gasteiger partial charge in [0.05, 0.1) is 5.84 Å². The molecule has 19 heavy (non-hydrogen) atoms. The van der Waals surface area contributed by atoms with Crippen LogP contribution < -0.4 is 10.6 Å². The fraction of sp³-hybridized carbons (Fsp3) is 0.267. The molecule has 4 heteroatoms. The largest absolute Gasteiger partial charge is 0.388 e. The van der Waals surface area contributed by atoms with Gasteiger partial charge in [-0.05, 0) is 30.0 Å². The van der Waals surface area contributed by atoms with E-state index in [9.17, 15) is 0 Å². The molecule has 0 saturated heterocycles. The Morgan fingerprint density at radius 3 is 2.53 bits per heavy atom. The molecule has 100 valence electrons. The van der Waals surface area contributed by atoms with E-state index in [1.165, 1.54) is 10.6 Å². The second kappa shape index (κ2) is 6.95. The molecule has 0 aliphatic rings. The van der Waals surface area contributed by atoms with Crippen LogP contribution in [0, 0.1) is 5.41 Å². The predicted molar refractivity (Wildman–Crippen MR) is 83.2 cm³/mol. The fourth-order valence-corrected chi connectivity index (χ4v) is 2.66. The normalized spacial score (nSPS) is 10.3. The number of nitrogens with two attached hydrogens (primary N) is 1. The summed E-state index contributed by atoms with van der Waals surface area (Å²) in [4.78, 5) is 3.69. The second-order valence-corrected chi connectivity index (χ2v) is 5.46. The van der Waals surface area contributed by atoms with Crippen molar-refractivity contribution in [3.63, 3.8) is 0 Å². The summed E-state index contributed by atoms with van der Waals surface area (Å²) in [6.45, 7) is 1.75. The Labute approximate surface area is 118 Å². The van der Waals surface area contributed by atoms with Crippen LogP contribution in [0.5, 0.6) is 0 Å². The number of nitrogens with one attached hydrogen (secondary N) is 1. The van der Waals surface area contributed by atoms with Crippen molar-refractivity contribution >= 4 is 22.9 Å². The molecule has 0 aliphatic carbocycles. The van der Waals surface area contributed by atoms with Gasteiger partial charge in [0, 0.05) is 30.1 Å². The lowest BCUT2D eigenvalue weighted by Gasteiger charge is -2.24. The SMILES string of the molecule is N=C(N)CCN(CCc1cccs1)c1ccccc1. The molecule has 3 N–H and O–H groups in total. The van der Waals surface area contributed by atoms with Crippen molar-refractivity contribution in [1.29, 1.82) is 5.41 Å². The summed E-state index contributed by atoms with van der Waals surface area (Å²) in [5, 5.41) is 9.48. The Morgan fingerprint density at radius 1 is 1.11 bits per heavy atom. The van der Waals surface area contributed by atoms with Crippen LogP contribution in [-0.4, -0.2) is 18.9 Å². The number of amidine groups is 1. The summed E-state index contributed by atoms with van der Waals surface area (Å²) < 4.78 is 0. The van der Waals surface area contributed by atoms with E-state index in [0.717, 1.165) is 19.5 Å². The molecule has 0 aliphatic heterocycles. The van der Waals surface area contributed by atoms with Crippen LogP contribution in [0.2, 0.25) is 0 Å². The van der Waals surface area contributed by atoms with Crippen molar-refractivity contribution in [2.24, 2.45) is 5.73 Å². The maximum atomic E-state index is 7.37. The molecule has 1 heterocycles. The van der Waals surface area contributed by atoms with E-state index in [0.29, 0.717) is 6.42 Å². The van der Waals surface area contributed by atoms with E-state index in [1.54, 1.807) is 11.3 Å². The Hall–Kier alpha value is -1.81. The smallest absolute Gasteiger partial charge is 0.0923 e. The van der Waals surface area contributed by atoms with Crippen molar-refractivity contribution in [2.75, 3.05) is 18.0 Å². The molecule has 0 spiro atoms. The molecular formula is C15H19N3S. The van der Waals surface area contributed by atoms with Crippen LogP contribution in [0.3, 0.4) is 0 Å². The number of rotatable bonds is 7.